The molecule has 1 fully saturated rings. The SMILES string of the molecule is CN(C)C(=O)CN=C(NCc1cccs1)NC1CCN(c2cccc(Cl)c2)C1. The lowest BCUT2D eigenvalue weighted by molar-refractivity contribution is -0.127. The van der Waals surface area contributed by atoms with Gasteiger partial charge in [0.25, 0.3) is 0 Å². The number of carbonyl (C=O) groups excluding carboxylic acids is 1. The number of likely N-dealkylation sites (N-methyl/N-ethyl adjacent to an activating group) is 1. The van der Waals surface area contributed by atoms with Crippen molar-refractivity contribution in [1.29, 1.82) is 0 Å². The molecule has 1 aromatic carbocycles. The van der Waals surface area contributed by atoms with Crippen LogP contribution in [0.1, 0.15) is 11.3 Å². The van der Waals surface area contributed by atoms with Gasteiger partial charge in [0.15, 0.2) is 5.96 Å². The molecule has 2 heterocycles. The Morgan fingerprint density at radius 3 is 2.93 bits per heavy atom. The second-order valence-corrected chi connectivity index (χ2v) is 8.41. The van der Waals surface area contributed by atoms with Crippen LogP contribution in [0.4, 0.5) is 5.69 Å². The van der Waals surface area contributed by atoms with Crippen molar-refractivity contribution < 1.29 is 4.79 Å². The van der Waals surface area contributed by atoms with Gasteiger partial charge in [-0.1, -0.05) is 23.7 Å². The molecule has 1 atom stereocenters. The normalized spacial score (nSPS) is 16.9. The molecule has 1 aliphatic rings. The molecule has 8 heteroatoms. The lowest BCUT2D eigenvalue weighted by Gasteiger charge is -2.21. The predicted molar refractivity (Wildman–Crippen MR) is 117 cm³/mol. The van der Waals surface area contributed by atoms with E-state index in [1.807, 2.05) is 24.3 Å². The van der Waals surface area contributed by atoms with E-state index in [2.05, 4.69) is 38.0 Å². The number of halogens is 1. The van der Waals surface area contributed by atoms with E-state index in [-0.39, 0.29) is 18.5 Å². The van der Waals surface area contributed by atoms with Gasteiger partial charge < -0.3 is 20.4 Å². The highest BCUT2D eigenvalue weighted by Gasteiger charge is 2.23. The molecule has 6 nitrogen and oxygen atoms in total. The molecule has 3 rings (SSSR count). The van der Waals surface area contributed by atoms with Crippen molar-refractivity contribution in [2.45, 2.75) is 19.0 Å². The van der Waals surface area contributed by atoms with Crippen molar-refractivity contribution >= 4 is 40.5 Å². The molecule has 1 amide bonds. The van der Waals surface area contributed by atoms with E-state index < -0.39 is 0 Å². The molecule has 150 valence electrons. The summed E-state index contributed by atoms with van der Waals surface area (Å²) in [6.45, 7) is 2.62. The number of nitrogens with zero attached hydrogens (tertiary/aromatic N) is 3. The molecule has 0 bridgehead atoms. The maximum atomic E-state index is 11.9. The molecule has 1 saturated heterocycles. The first-order valence-corrected chi connectivity index (χ1v) is 10.5. The fourth-order valence-corrected chi connectivity index (χ4v) is 3.83. The van der Waals surface area contributed by atoms with Crippen LogP contribution < -0.4 is 15.5 Å². The van der Waals surface area contributed by atoms with Crippen LogP contribution in [0.5, 0.6) is 0 Å². The lowest BCUT2D eigenvalue weighted by Crippen LogP contribution is -2.45. The summed E-state index contributed by atoms with van der Waals surface area (Å²) in [5.41, 5.74) is 1.13. The summed E-state index contributed by atoms with van der Waals surface area (Å²) in [5.74, 6) is 0.644. The third kappa shape index (κ3) is 5.87. The molecule has 1 aliphatic heterocycles. The molecule has 0 radical (unpaired) electrons. The average Bonchev–Trinajstić information content (AvgIpc) is 3.35. The first kappa shape index (κ1) is 20.5. The topological polar surface area (TPSA) is 60.0 Å². The zero-order valence-corrected chi connectivity index (χ0v) is 17.8. The highest BCUT2D eigenvalue weighted by atomic mass is 35.5. The van der Waals surface area contributed by atoms with E-state index in [1.165, 1.54) is 4.88 Å². The third-order valence-electron chi connectivity index (χ3n) is 4.58. The summed E-state index contributed by atoms with van der Waals surface area (Å²) >= 11 is 7.82. The van der Waals surface area contributed by atoms with Gasteiger partial charge in [-0.05, 0) is 36.1 Å². The van der Waals surface area contributed by atoms with Crippen molar-refractivity contribution in [3.05, 3.63) is 51.7 Å². The number of aliphatic imine (C=N–C) groups is 1. The van der Waals surface area contributed by atoms with Gasteiger partial charge in [0.2, 0.25) is 5.91 Å². The Balaban J connectivity index is 1.61. The minimum Gasteiger partial charge on any atom is -0.369 e. The van der Waals surface area contributed by atoms with E-state index in [1.54, 1.807) is 30.3 Å². The zero-order valence-electron chi connectivity index (χ0n) is 16.2. The standard InChI is InChI=1S/C20H26ClN5OS/c1-25(2)19(27)13-23-20(22-12-18-7-4-10-28-18)24-16-8-9-26(14-16)17-6-3-5-15(21)11-17/h3-7,10-11,16H,8-9,12-14H2,1-2H3,(H2,22,23,24). The number of amides is 1. The molecule has 0 saturated carbocycles. The molecule has 1 unspecified atom stereocenters. The van der Waals surface area contributed by atoms with Gasteiger partial charge in [-0.15, -0.1) is 11.3 Å². The first-order valence-electron chi connectivity index (χ1n) is 9.29. The molecular formula is C20H26ClN5OS. The van der Waals surface area contributed by atoms with Crippen molar-refractivity contribution in [1.82, 2.24) is 15.5 Å². The Hall–Kier alpha value is -2.25. The fraction of sp³-hybridized carbons (Fsp3) is 0.400. The summed E-state index contributed by atoms with van der Waals surface area (Å²) in [6, 6.07) is 12.3. The largest absolute Gasteiger partial charge is 0.369 e. The summed E-state index contributed by atoms with van der Waals surface area (Å²) < 4.78 is 0. The second-order valence-electron chi connectivity index (χ2n) is 6.94. The van der Waals surface area contributed by atoms with Gasteiger partial charge in [-0.25, -0.2) is 4.99 Å². The lowest BCUT2D eigenvalue weighted by atomic mass is 10.2. The molecule has 28 heavy (non-hydrogen) atoms. The molecule has 2 N–H and O–H groups in total. The molecule has 0 spiro atoms. The van der Waals surface area contributed by atoms with Gasteiger partial charge in [-0.3, -0.25) is 4.79 Å². The third-order valence-corrected chi connectivity index (χ3v) is 5.70. The van der Waals surface area contributed by atoms with Crippen molar-refractivity contribution in [3.8, 4) is 0 Å². The smallest absolute Gasteiger partial charge is 0.243 e. The van der Waals surface area contributed by atoms with E-state index in [0.29, 0.717) is 12.5 Å². The average molecular weight is 420 g/mol. The van der Waals surface area contributed by atoms with Crippen LogP contribution in [0.15, 0.2) is 46.8 Å². The Morgan fingerprint density at radius 2 is 2.21 bits per heavy atom. The zero-order chi connectivity index (χ0) is 19.9. The van der Waals surface area contributed by atoms with Crippen molar-refractivity contribution in [2.75, 3.05) is 38.6 Å². The van der Waals surface area contributed by atoms with E-state index >= 15 is 0 Å². The van der Waals surface area contributed by atoms with Crippen LogP contribution >= 0.6 is 22.9 Å². The monoisotopic (exact) mass is 419 g/mol. The second kappa shape index (κ2) is 9.80. The van der Waals surface area contributed by atoms with Crippen LogP contribution in [-0.4, -0.2) is 56.5 Å². The Kier molecular flexibility index (Phi) is 7.17. The summed E-state index contributed by atoms with van der Waals surface area (Å²) in [6.07, 6.45) is 0.994. The van der Waals surface area contributed by atoms with Gasteiger partial charge in [-0.2, -0.15) is 0 Å². The van der Waals surface area contributed by atoms with Crippen LogP contribution in [0.25, 0.3) is 0 Å². The van der Waals surface area contributed by atoms with Gasteiger partial charge in [0, 0.05) is 48.8 Å². The Morgan fingerprint density at radius 1 is 1.36 bits per heavy atom. The number of hydrogen-bond donors (Lipinski definition) is 2. The number of benzene rings is 1. The number of nitrogens with one attached hydrogen (secondary N) is 2. The Labute approximate surface area is 175 Å². The predicted octanol–water partition coefficient (Wildman–Crippen LogP) is 2.80. The number of guanidine groups is 1. The number of carbonyl (C=O) groups is 1. The van der Waals surface area contributed by atoms with Gasteiger partial charge in [0.1, 0.15) is 6.54 Å². The molecular weight excluding hydrogens is 394 g/mol. The summed E-state index contributed by atoms with van der Waals surface area (Å²) in [5, 5.41) is 9.63. The fourth-order valence-electron chi connectivity index (χ4n) is 3.00. The quantitative estimate of drug-likeness (QED) is 0.558. The van der Waals surface area contributed by atoms with Crippen molar-refractivity contribution in [3.63, 3.8) is 0 Å². The van der Waals surface area contributed by atoms with Crippen LogP contribution in [0, 0.1) is 0 Å². The number of anilines is 1. The van der Waals surface area contributed by atoms with Gasteiger partial charge >= 0.3 is 0 Å². The Bertz CT molecular complexity index is 809. The first-order chi connectivity index (χ1) is 13.5. The molecule has 2 aromatic rings. The van der Waals surface area contributed by atoms with Gasteiger partial charge in [0.05, 0.1) is 6.54 Å². The van der Waals surface area contributed by atoms with Crippen LogP contribution in [-0.2, 0) is 11.3 Å². The number of hydrogen-bond acceptors (Lipinski definition) is 4. The number of thiophene rings is 1. The maximum Gasteiger partial charge on any atom is 0.243 e. The van der Waals surface area contributed by atoms with E-state index in [9.17, 15) is 4.79 Å². The highest BCUT2D eigenvalue weighted by Crippen LogP contribution is 2.23. The highest BCUT2D eigenvalue weighted by molar-refractivity contribution is 7.09. The summed E-state index contributed by atoms with van der Waals surface area (Å²) in [7, 11) is 3.48. The van der Waals surface area contributed by atoms with Crippen molar-refractivity contribution in [2.24, 2.45) is 4.99 Å². The number of rotatable bonds is 6. The maximum absolute atomic E-state index is 11.9. The van der Waals surface area contributed by atoms with E-state index in [4.69, 9.17) is 11.6 Å². The molecule has 0 aliphatic carbocycles. The minimum absolute atomic E-state index is 0.0239. The van der Waals surface area contributed by atoms with Crippen LogP contribution in [0.2, 0.25) is 5.02 Å². The minimum atomic E-state index is -0.0239. The van der Waals surface area contributed by atoms with E-state index in [0.717, 1.165) is 30.2 Å². The molecule has 1 aromatic heterocycles. The van der Waals surface area contributed by atoms with Crippen LogP contribution in [0.3, 0.4) is 0 Å². The summed E-state index contributed by atoms with van der Waals surface area (Å²) in [4.78, 5) is 21.5.